The van der Waals surface area contributed by atoms with E-state index >= 15 is 0 Å². The van der Waals surface area contributed by atoms with Crippen molar-refractivity contribution in [2.45, 2.75) is 11.9 Å². The van der Waals surface area contributed by atoms with Crippen LogP contribution >= 0.6 is 10.7 Å². The first kappa shape index (κ1) is 11.9. The Morgan fingerprint density at radius 2 is 2.00 bits per heavy atom. The van der Waals surface area contributed by atoms with Gasteiger partial charge in [0.25, 0.3) is 0 Å². The van der Waals surface area contributed by atoms with Crippen LogP contribution in [0.2, 0.25) is 0 Å². The summed E-state index contributed by atoms with van der Waals surface area (Å²) in [6.45, 7) is 0.843. The van der Waals surface area contributed by atoms with E-state index in [-0.39, 0.29) is 11.9 Å². The Kier molecular flexibility index (Phi) is 3.49. The van der Waals surface area contributed by atoms with Gasteiger partial charge in [0.1, 0.15) is 12.9 Å². The van der Waals surface area contributed by atoms with E-state index in [4.69, 9.17) is 20.2 Å². The molecule has 1 aromatic carbocycles. The average Bonchev–Trinajstić information content (AvgIpc) is 2.69. The molecule has 0 saturated carbocycles. The molecule has 0 spiro atoms. The highest BCUT2D eigenvalue weighted by atomic mass is 35.7. The van der Waals surface area contributed by atoms with E-state index in [1.807, 2.05) is 12.1 Å². The van der Waals surface area contributed by atoms with Gasteiger partial charge in [0.15, 0.2) is 0 Å². The lowest BCUT2D eigenvalue weighted by Gasteiger charge is -2.08. The van der Waals surface area contributed by atoms with Crippen LogP contribution < -0.4 is 0 Å². The maximum Gasteiger partial charge on any atom is 0.236 e. The summed E-state index contributed by atoms with van der Waals surface area (Å²) in [5, 5.41) is 0. The number of rotatable bonds is 3. The van der Waals surface area contributed by atoms with Crippen LogP contribution in [0, 0.1) is 0 Å². The molecule has 0 bridgehead atoms. The molecule has 6 heteroatoms. The van der Waals surface area contributed by atoms with Gasteiger partial charge < -0.3 is 9.47 Å². The molecule has 16 heavy (non-hydrogen) atoms. The lowest BCUT2D eigenvalue weighted by atomic mass is 10.1. The fourth-order valence-electron chi connectivity index (χ4n) is 1.55. The molecule has 0 amide bonds. The van der Waals surface area contributed by atoms with Crippen LogP contribution in [0.25, 0.3) is 0 Å². The average molecular weight is 263 g/mol. The molecule has 1 aromatic rings. The maximum atomic E-state index is 10.9. The quantitative estimate of drug-likeness (QED) is 0.780. The summed E-state index contributed by atoms with van der Waals surface area (Å²) < 4.78 is 32.1. The van der Waals surface area contributed by atoms with Crippen LogP contribution in [0.5, 0.6) is 0 Å². The summed E-state index contributed by atoms with van der Waals surface area (Å²) in [5.41, 5.74) is 1.64. The Bertz CT molecular complexity index is 448. The van der Waals surface area contributed by atoms with E-state index in [1.54, 1.807) is 12.1 Å². The van der Waals surface area contributed by atoms with Crippen molar-refractivity contribution < 1.29 is 17.9 Å². The summed E-state index contributed by atoms with van der Waals surface area (Å²) in [6.07, 6.45) is -0.0540. The molecule has 1 fully saturated rings. The highest BCUT2D eigenvalue weighted by Gasteiger charge is 2.18. The zero-order valence-electron chi connectivity index (χ0n) is 8.43. The Labute approximate surface area is 98.5 Å². The van der Waals surface area contributed by atoms with Crippen molar-refractivity contribution in [1.82, 2.24) is 0 Å². The topological polar surface area (TPSA) is 52.6 Å². The third kappa shape index (κ3) is 3.18. The predicted molar refractivity (Wildman–Crippen MR) is 59.6 cm³/mol. The Morgan fingerprint density at radius 3 is 2.50 bits per heavy atom. The largest absolute Gasteiger partial charge is 0.352 e. The molecule has 0 N–H and O–H groups in total. The van der Waals surface area contributed by atoms with E-state index in [2.05, 4.69) is 0 Å². The normalized spacial score (nSPS) is 21.2. The minimum absolute atomic E-state index is 0.0540. The van der Waals surface area contributed by atoms with Crippen LogP contribution in [-0.2, 0) is 24.3 Å². The van der Waals surface area contributed by atoms with E-state index in [1.165, 1.54) is 0 Å². The Balaban J connectivity index is 2.10. The van der Waals surface area contributed by atoms with Crippen molar-refractivity contribution in [2.75, 3.05) is 13.4 Å². The number of hydrogen-bond acceptors (Lipinski definition) is 4. The van der Waals surface area contributed by atoms with Gasteiger partial charge in [0, 0.05) is 10.7 Å². The van der Waals surface area contributed by atoms with Gasteiger partial charge >= 0.3 is 0 Å². The third-order valence-corrected chi connectivity index (χ3v) is 3.32. The van der Waals surface area contributed by atoms with Crippen molar-refractivity contribution in [3.8, 4) is 0 Å². The Morgan fingerprint density at radius 1 is 1.31 bits per heavy atom. The van der Waals surface area contributed by atoms with Crippen molar-refractivity contribution >= 4 is 19.7 Å². The standard InChI is InChI=1S/C10H11ClO4S/c11-16(12,13)6-8-1-3-9(4-2-8)10-5-14-7-15-10/h1-4,10H,5-7H2. The summed E-state index contributed by atoms with van der Waals surface area (Å²) in [4.78, 5) is 0. The number of halogens is 1. The van der Waals surface area contributed by atoms with Gasteiger partial charge in [-0.05, 0) is 11.1 Å². The summed E-state index contributed by atoms with van der Waals surface area (Å²) >= 11 is 0. The smallest absolute Gasteiger partial charge is 0.236 e. The second-order valence-electron chi connectivity index (χ2n) is 3.57. The van der Waals surface area contributed by atoms with Crippen LogP contribution in [0.3, 0.4) is 0 Å². The molecule has 1 atom stereocenters. The highest BCUT2D eigenvalue weighted by Crippen LogP contribution is 2.23. The van der Waals surface area contributed by atoms with Crippen LogP contribution in [-0.4, -0.2) is 21.8 Å². The Hall–Kier alpha value is -0.620. The molecule has 1 aliphatic rings. The molecule has 0 radical (unpaired) electrons. The summed E-state index contributed by atoms with van der Waals surface area (Å²) in [5.74, 6) is -0.156. The number of hydrogen-bond donors (Lipinski definition) is 0. The highest BCUT2D eigenvalue weighted by molar-refractivity contribution is 8.13. The van der Waals surface area contributed by atoms with Crippen molar-refractivity contribution in [1.29, 1.82) is 0 Å². The molecule has 1 heterocycles. The molecule has 0 aliphatic carbocycles. The van der Waals surface area contributed by atoms with Crippen LogP contribution in [0.15, 0.2) is 24.3 Å². The molecule has 4 nitrogen and oxygen atoms in total. The van der Waals surface area contributed by atoms with Crippen molar-refractivity contribution in [2.24, 2.45) is 0 Å². The maximum absolute atomic E-state index is 10.9. The molecule has 88 valence electrons. The second kappa shape index (κ2) is 4.71. The van der Waals surface area contributed by atoms with Gasteiger partial charge in [-0.15, -0.1) is 0 Å². The van der Waals surface area contributed by atoms with Gasteiger partial charge in [-0.3, -0.25) is 0 Å². The lowest BCUT2D eigenvalue weighted by Crippen LogP contribution is -2.00. The van der Waals surface area contributed by atoms with Crippen LogP contribution in [0.4, 0.5) is 0 Å². The summed E-state index contributed by atoms with van der Waals surface area (Å²) in [7, 11) is 1.67. The molecule has 0 aromatic heterocycles. The molecule has 1 saturated heterocycles. The SMILES string of the molecule is O=S(=O)(Cl)Cc1ccc(C2COCO2)cc1. The second-order valence-corrected chi connectivity index (χ2v) is 6.35. The fourth-order valence-corrected chi connectivity index (χ4v) is 2.52. The zero-order valence-corrected chi connectivity index (χ0v) is 10.00. The first-order valence-corrected chi connectivity index (χ1v) is 7.23. The number of ether oxygens (including phenoxy) is 2. The minimum atomic E-state index is -3.49. The minimum Gasteiger partial charge on any atom is -0.352 e. The summed E-state index contributed by atoms with van der Waals surface area (Å²) in [6, 6.07) is 7.13. The third-order valence-electron chi connectivity index (χ3n) is 2.31. The van der Waals surface area contributed by atoms with Gasteiger partial charge in [0.05, 0.1) is 12.4 Å². The van der Waals surface area contributed by atoms with E-state index in [0.717, 1.165) is 5.56 Å². The molecular formula is C10H11ClO4S. The van der Waals surface area contributed by atoms with E-state index in [9.17, 15) is 8.42 Å². The number of benzene rings is 1. The lowest BCUT2D eigenvalue weighted by molar-refractivity contribution is 0.0466. The molecule has 2 rings (SSSR count). The molecule has 1 unspecified atom stereocenters. The van der Waals surface area contributed by atoms with Gasteiger partial charge in [0.2, 0.25) is 9.05 Å². The van der Waals surface area contributed by atoms with Gasteiger partial charge in [-0.25, -0.2) is 8.42 Å². The van der Waals surface area contributed by atoms with Gasteiger partial charge in [-0.1, -0.05) is 24.3 Å². The monoisotopic (exact) mass is 262 g/mol. The zero-order chi connectivity index (χ0) is 11.6. The first-order chi connectivity index (χ1) is 7.54. The van der Waals surface area contributed by atoms with Gasteiger partial charge in [-0.2, -0.15) is 0 Å². The van der Waals surface area contributed by atoms with E-state index < -0.39 is 9.05 Å². The van der Waals surface area contributed by atoms with Crippen molar-refractivity contribution in [3.63, 3.8) is 0 Å². The van der Waals surface area contributed by atoms with Crippen molar-refractivity contribution in [3.05, 3.63) is 35.4 Å². The predicted octanol–water partition coefficient (Wildman–Crippen LogP) is 1.80. The van der Waals surface area contributed by atoms with Crippen LogP contribution in [0.1, 0.15) is 17.2 Å². The molecule has 1 aliphatic heterocycles. The molecular weight excluding hydrogens is 252 g/mol. The first-order valence-electron chi connectivity index (χ1n) is 4.75. The fraction of sp³-hybridized carbons (Fsp3) is 0.400. The van der Waals surface area contributed by atoms with E-state index in [0.29, 0.717) is 19.0 Å².